The van der Waals surface area contributed by atoms with Gasteiger partial charge < -0.3 is 5.11 Å². The Bertz CT molecular complexity index is 1110. The lowest BCUT2D eigenvalue weighted by Crippen LogP contribution is -2.07. The molecule has 48 heavy (non-hydrogen) atoms. The lowest BCUT2D eigenvalue weighted by atomic mass is 10.1. The van der Waals surface area contributed by atoms with Crippen LogP contribution in [0, 0.1) is 6.92 Å². The number of unbranched alkanes of at least 4 members (excludes halogenated alkanes) is 12. The van der Waals surface area contributed by atoms with Crippen molar-refractivity contribution in [1.29, 1.82) is 0 Å². The molecule has 0 spiro atoms. The van der Waals surface area contributed by atoms with Gasteiger partial charge in [0, 0.05) is 6.61 Å². The van der Waals surface area contributed by atoms with Crippen molar-refractivity contribution in [2.24, 2.45) is 0 Å². The molecule has 0 amide bonds. The van der Waals surface area contributed by atoms with Crippen LogP contribution >= 0.6 is 0 Å². The highest BCUT2D eigenvalue weighted by molar-refractivity contribution is 7.86. The highest BCUT2D eigenvalue weighted by Crippen LogP contribution is 2.15. The third-order valence-corrected chi connectivity index (χ3v) is 8.98. The molecule has 1 rings (SSSR count). The maximum Gasteiger partial charge on any atom is 0.296 e. The molecule has 0 radical (unpaired) electrons. The molecule has 0 atom stereocenters. The molecule has 1 aromatic rings. The molecule has 0 aliphatic heterocycles. The lowest BCUT2D eigenvalue weighted by molar-refractivity contribution is 0.282. The summed E-state index contributed by atoms with van der Waals surface area (Å²) >= 11 is 0. The summed E-state index contributed by atoms with van der Waals surface area (Å²) < 4.78 is 29.3. The molecule has 0 aromatic heterocycles. The highest BCUT2D eigenvalue weighted by Gasteiger charge is 2.14. The molecule has 0 bridgehead atoms. The van der Waals surface area contributed by atoms with Crippen molar-refractivity contribution in [3.8, 4) is 0 Å². The minimum atomic E-state index is -3.61. The van der Waals surface area contributed by atoms with E-state index in [1.165, 1.54) is 57.8 Å². The first-order valence-electron chi connectivity index (χ1n) is 18.9. The number of aliphatic hydroxyl groups is 1. The van der Waals surface area contributed by atoms with Gasteiger partial charge in [-0.3, -0.25) is 4.18 Å². The number of allylic oxidation sites excluding steroid dienone is 12. The quantitative estimate of drug-likeness (QED) is 0.0519. The predicted molar refractivity (Wildman–Crippen MR) is 210 cm³/mol. The monoisotopic (exact) mass is 682 g/mol. The van der Waals surface area contributed by atoms with Crippen LogP contribution in [-0.2, 0) is 14.3 Å². The number of hydrogen-bond acceptors (Lipinski definition) is 4. The molecule has 0 aliphatic rings. The van der Waals surface area contributed by atoms with Crippen LogP contribution in [-0.4, -0.2) is 26.7 Å². The number of rotatable bonds is 29. The number of hydrogen-bond donors (Lipinski definition) is 1. The molecule has 0 fully saturated rings. The Morgan fingerprint density at radius 3 is 1.33 bits per heavy atom. The average molecular weight is 683 g/mol. The summed E-state index contributed by atoms with van der Waals surface area (Å²) in [7, 11) is -3.61. The summed E-state index contributed by atoms with van der Waals surface area (Å²) in [6.45, 7) is 6.86. The van der Waals surface area contributed by atoms with Crippen molar-refractivity contribution >= 4 is 10.1 Å². The molecule has 1 aromatic carbocycles. The van der Waals surface area contributed by atoms with Gasteiger partial charge in [-0.25, -0.2) is 0 Å². The number of aryl methyl sites for hydroxylation is 1. The van der Waals surface area contributed by atoms with Gasteiger partial charge in [0.1, 0.15) is 0 Å². The zero-order valence-corrected chi connectivity index (χ0v) is 31.7. The fraction of sp³-hybridized carbons (Fsp3) is 0.581. The Balaban J connectivity index is 0.00000101. The first kappa shape index (κ1) is 45.5. The van der Waals surface area contributed by atoms with Crippen LogP contribution in [0.1, 0.15) is 148 Å². The van der Waals surface area contributed by atoms with Crippen LogP contribution in [0.5, 0.6) is 0 Å². The Morgan fingerprint density at radius 2 is 0.896 bits per heavy atom. The van der Waals surface area contributed by atoms with Gasteiger partial charge in [-0.05, 0) is 96.1 Å². The zero-order chi connectivity index (χ0) is 35.2. The second-order valence-electron chi connectivity index (χ2n) is 12.2. The van der Waals surface area contributed by atoms with Gasteiger partial charge in [0.15, 0.2) is 0 Å². The van der Waals surface area contributed by atoms with Gasteiger partial charge in [-0.1, -0.05) is 156 Å². The predicted octanol–water partition coefficient (Wildman–Crippen LogP) is 12.9. The molecular weight excluding hydrogens is 613 g/mol. The van der Waals surface area contributed by atoms with Crippen LogP contribution in [0.4, 0.5) is 0 Å². The van der Waals surface area contributed by atoms with Gasteiger partial charge in [-0.15, -0.1) is 0 Å². The third kappa shape index (κ3) is 32.1. The third-order valence-electron chi connectivity index (χ3n) is 7.65. The second-order valence-corrected chi connectivity index (χ2v) is 13.8. The smallest absolute Gasteiger partial charge is 0.296 e. The van der Waals surface area contributed by atoms with Gasteiger partial charge >= 0.3 is 0 Å². The topological polar surface area (TPSA) is 63.6 Å². The van der Waals surface area contributed by atoms with Crippen LogP contribution < -0.4 is 0 Å². The van der Waals surface area contributed by atoms with Gasteiger partial charge in [0.25, 0.3) is 10.1 Å². The van der Waals surface area contributed by atoms with Crippen LogP contribution in [0.2, 0.25) is 0 Å². The number of benzene rings is 1. The van der Waals surface area contributed by atoms with Crippen molar-refractivity contribution in [3.05, 3.63) is 103 Å². The van der Waals surface area contributed by atoms with E-state index in [1.807, 2.05) is 6.92 Å². The maximum atomic E-state index is 12.1. The van der Waals surface area contributed by atoms with E-state index in [0.29, 0.717) is 6.61 Å². The summed E-state index contributed by atoms with van der Waals surface area (Å²) in [5.74, 6) is 0. The minimum Gasteiger partial charge on any atom is -0.396 e. The van der Waals surface area contributed by atoms with Crippen LogP contribution in [0.15, 0.2) is 102 Å². The van der Waals surface area contributed by atoms with Gasteiger partial charge in [0.2, 0.25) is 0 Å². The largest absolute Gasteiger partial charge is 0.396 e. The summed E-state index contributed by atoms with van der Waals surface area (Å²) in [6, 6.07) is 6.77. The molecule has 0 saturated carbocycles. The molecule has 272 valence electrons. The minimum absolute atomic E-state index is 0.236. The van der Waals surface area contributed by atoms with Crippen molar-refractivity contribution in [2.45, 2.75) is 154 Å². The molecular formula is C43H70O4S. The molecule has 0 heterocycles. The lowest BCUT2D eigenvalue weighted by Gasteiger charge is -2.06. The van der Waals surface area contributed by atoms with Crippen molar-refractivity contribution in [3.63, 3.8) is 0 Å². The molecule has 0 unspecified atom stereocenters. The molecule has 5 heteroatoms. The fourth-order valence-corrected chi connectivity index (χ4v) is 5.69. The SMILES string of the molecule is CC/C=C\C/C=C\C/C=C\CCCCCCCCO.CC/C=C\C/C=C\C/C=C\CCCCCCCCOS(=O)(=O)c1ccc(C)cc1. The standard InChI is InChI=1S/C25H38O3S.C18H32O/c1-3-4-5-6-7-8-9-10-11-12-13-14-15-16-17-18-23-28-29(26,27)25-21-19-24(2)20-22-25;1-2-3-4-5-6-7-8-9-10-11-12-13-14-15-16-17-18-19/h4-5,7-8,10-11,19-22H,3,6,9,12-18,23H2,1-2H3;3-4,6-7,9-10,19H,2,5,8,11-18H2,1H3/b5-4-,8-7-,11-10-;4-3-,7-6-,10-9-. The van der Waals surface area contributed by atoms with E-state index in [1.54, 1.807) is 24.3 Å². The molecule has 1 N–H and O–H groups in total. The van der Waals surface area contributed by atoms with Crippen molar-refractivity contribution in [2.75, 3.05) is 13.2 Å². The average Bonchev–Trinajstić information content (AvgIpc) is 3.08. The van der Waals surface area contributed by atoms with E-state index in [-0.39, 0.29) is 11.5 Å². The van der Waals surface area contributed by atoms with E-state index in [4.69, 9.17) is 9.29 Å². The Kier molecular flexibility index (Phi) is 34.0. The van der Waals surface area contributed by atoms with Crippen molar-refractivity contribution in [1.82, 2.24) is 0 Å². The van der Waals surface area contributed by atoms with E-state index in [9.17, 15) is 8.42 Å². The normalized spacial score (nSPS) is 12.5. The molecule has 4 nitrogen and oxygen atoms in total. The first-order valence-corrected chi connectivity index (χ1v) is 20.4. The van der Waals surface area contributed by atoms with Gasteiger partial charge in [-0.2, -0.15) is 8.42 Å². The zero-order valence-electron chi connectivity index (χ0n) is 30.9. The van der Waals surface area contributed by atoms with Crippen LogP contribution in [0.25, 0.3) is 0 Å². The first-order chi connectivity index (χ1) is 23.5. The van der Waals surface area contributed by atoms with E-state index >= 15 is 0 Å². The van der Waals surface area contributed by atoms with E-state index < -0.39 is 10.1 Å². The van der Waals surface area contributed by atoms with Crippen LogP contribution in [0.3, 0.4) is 0 Å². The second kappa shape index (κ2) is 35.8. The van der Waals surface area contributed by atoms with Gasteiger partial charge in [0.05, 0.1) is 11.5 Å². The summed E-state index contributed by atoms with van der Waals surface area (Å²) in [5.41, 5.74) is 1.03. The van der Waals surface area contributed by atoms with Crippen molar-refractivity contribution < 1.29 is 17.7 Å². The fourth-order valence-electron chi connectivity index (χ4n) is 4.75. The van der Waals surface area contributed by atoms with E-state index in [2.05, 4.69) is 86.8 Å². The Hall–Kier alpha value is -2.47. The Morgan fingerprint density at radius 1 is 0.521 bits per heavy atom. The van der Waals surface area contributed by atoms with E-state index in [0.717, 1.165) is 76.2 Å². The highest BCUT2D eigenvalue weighted by atomic mass is 32.2. The summed E-state index contributed by atoms with van der Waals surface area (Å²) in [6.07, 6.45) is 49.6. The molecule has 0 aliphatic carbocycles. The summed E-state index contributed by atoms with van der Waals surface area (Å²) in [5, 5.41) is 8.65. The Labute approximate surface area is 297 Å². The maximum absolute atomic E-state index is 12.1. The molecule has 0 saturated heterocycles. The number of aliphatic hydroxyl groups excluding tert-OH is 1. The summed E-state index contributed by atoms with van der Waals surface area (Å²) in [4.78, 5) is 0.236.